The van der Waals surface area contributed by atoms with Crippen molar-refractivity contribution in [2.24, 2.45) is 0 Å². The first-order valence-corrected chi connectivity index (χ1v) is 13.1. The van der Waals surface area contributed by atoms with Crippen molar-refractivity contribution in [3.63, 3.8) is 0 Å². The third-order valence-electron chi connectivity index (χ3n) is 6.08. The van der Waals surface area contributed by atoms with Crippen LogP contribution in [0.2, 0.25) is 0 Å². The number of thiazole rings is 1. The summed E-state index contributed by atoms with van der Waals surface area (Å²) in [7, 11) is 0. The molecule has 11 heteroatoms. The van der Waals surface area contributed by atoms with Crippen LogP contribution in [0.15, 0.2) is 55.0 Å². The van der Waals surface area contributed by atoms with Crippen LogP contribution < -0.4 is 25.8 Å². The number of ether oxygens (including phenoxy) is 2. The van der Waals surface area contributed by atoms with Gasteiger partial charge in [-0.25, -0.2) is 19.3 Å². The summed E-state index contributed by atoms with van der Waals surface area (Å²) < 4.78 is 25.8. The van der Waals surface area contributed by atoms with E-state index in [1.165, 1.54) is 29.8 Å². The highest BCUT2D eigenvalue weighted by Gasteiger charge is 2.19. The number of benzene rings is 2. The van der Waals surface area contributed by atoms with E-state index in [4.69, 9.17) is 20.6 Å². The molecule has 1 fully saturated rings. The SMILES string of the molecule is Cc1ncc(COc2cc(F)cc(Oc3ccc(C(=N)c4c(N)ncnc4NCC4CCCN4)cc3)c2)s1. The minimum atomic E-state index is -0.469. The third-order valence-corrected chi connectivity index (χ3v) is 6.96. The van der Waals surface area contributed by atoms with Crippen molar-refractivity contribution in [2.45, 2.75) is 32.4 Å². The first kappa shape index (κ1) is 25.6. The molecule has 5 rings (SSSR count). The van der Waals surface area contributed by atoms with E-state index in [-0.39, 0.29) is 11.5 Å². The van der Waals surface area contributed by atoms with Crippen LogP contribution in [-0.4, -0.2) is 39.8 Å². The van der Waals surface area contributed by atoms with Crippen molar-refractivity contribution in [2.75, 3.05) is 24.1 Å². The van der Waals surface area contributed by atoms with Gasteiger partial charge in [0.1, 0.15) is 47.6 Å². The van der Waals surface area contributed by atoms with Gasteiger partial charge in [-0.2, -0.15) is 0 Å². The lowest BCUT2D eigenvalue weighted by molar-refractivity contribution is 0.306. The van der Waals surface area contributed by atoms with Crippen LogP contribution in [0, 0.1) is 18.2 Å². The lowest BCUT2D eigenvalue weighted by atomic mass is 10.0. The van der Waals surface area contributed by atoms with Gasteiger partial charge in [0, 0.05) is 42.5 Å². The molecule has 0 aliphatic carbocycles. The van der Waals surface area contributed by atoms with E-state index >= 15 is 0 Å². The molecule has 1 unspecified atom stereocenters. The molecule has 196 valence electrons. The van der Waals surface area contributed by atoms with Crippen LogP contribution in [0.5, 0.6) is 17.2 Å². The highest BCUT2D eigenvalue weighted by atomic mass is 32.1. The summed E-state index contributed by atoms with van der Waals surface area (Å²) in [5.74, 6) is 1.43. The lowest BCUT2D eigenvalue weighted by Crippen LogP contribution is -2.30. The number of rotatable bonds is 10. The summed E-state index contributed by atoms with van der Waals surface area (Å²) in [4.78, 5) is 13.6. The molecule has 0 spiro atoms. The van der Waals surface area contributed by atoms with E-state index in [1.54, 1.807) is 36.5 Å². The zero-order chi connectivity index (χ0) is 26.5. The number of hydrogen-bond donors (Lipinski definition) is 4. The van der Waals surface area contributed by atoms with E-state index < -0.39 is 5.82 Å². The van der Waals surface area contributed by atoms with E-state index in [2.05, 4.69) is 25.6 Å². The second kappa shape index (κ2) is 11.5. The zero-order valence-electron chi connectivity index (χ0n) is 20.8. The molecule has 2 aromatic carbocycles. The number of aryl methyl sites for hydroxylation is 1. The van der Waals surface area contributed by atoms with Crippen molar-refractivity contribution in [1.82, 2.24) is 20.3 Å². The van der Waals surface area contributed by atoms with Gasteiger partial charge in [-0.3, -0.25) is 5.41 Å². The van der Waals surface area contributed by atoms with Crippen molar-refractivity contribution in [3.05, 3.63) is 81.8 Å². The molecular weight excluding hydrogens is 505 g/mol. The number of nitrogen functional groups attached to an aromatic ring is 1. The molecule has 3 heterocycles. The van der Waals surface area contributed by atoms with Gasteiger partial charge in [0.2, 0.25) is 0 Å². The maximum Gasteiger partial charge on any atom is 0.141 e. The number of anilines is 2. The molecule has 38 heavy (non-hydrogen) atoms. The fourth-order valence-electron chi connectivity index (χ4n) is 4.21. The molecule has 1 aliphatic rings. The van der Waals surface area contributed by atoms with Gasteiger partial charge in [-0.15, -0.1) is 11.3 Å². The largest absolute Gasteiger partial charge is 0.488 e. The molecule has 0 saturated carbocycles. The Labute approximate surface area is 223 Å². The van der Waals surface area contributed by atoms with Crippen LogP contribution in [0.25, 0.3) is 0 Å². The van der Waals surface area contributed by atoms with Crippen molar-refractivity contribution in [3.8, 4) is 17.2 Å². The van der Waals surface area contributed by atoms with Crippen molar-refractivity contribution >= 4 is 28.7 Å². The highest BCUT2D eigenvalue weighted by Crippen LogP contribution is 2.29. The van der Waals surface area contributed by atoms with Crippen molar-refractivity contribution < 1.29 is 13.9 Å². The van der Waals surface area contributed by atoms with Crippen LogP contribution in [-0.2, 0) is 6.61 Å². The fourth-order valence-corrected chi connectivity index (χ4v) is 4.91. The minimum absolute atomic E-state index is 0.191. The number of halogens is 1. The Hall–Kier alpha value is -4.09. The van der Waals surface area contributed by atoms with Gasteiger partial charge in [-0.05, 0) is 50.6 Å². The standard InChI is InChI=1S/C27H28FN7O2S/c1-16-32-13-23(38-16)14-36-21-9-18(28)10-22(11-21)37-20-6-4-17(5-7-20)25(29)24-26(30)34-15-35-27(24)33-12-19-3-2-8-31-19/h4-7,9-11,13,15,19,29,31H,2-3,8,12,14H2,1H3,(H3,30,33,34,35). The van der Waals surface area contributed by atoms with Gasteiger partial charge in [0.05, 0.1) is 21.2 Å². The van der Waals surface area contributed by atoms with E-state index in [0.29, 0.717) is 53.4 Å². The average molecular weight is 534 g/mol. The fraction of sp³-hybridized carbons (Fsp3) is 0.259. The first-order chi connectivity index (χ1) is 18.4. The summed E-state index contributed by atoms with van der Waals surface area (Å²) in [6.07, 6.45) is 5.37. The topological polar surface area (TPSA) is 131 Å². The van der Waals surface area contributed by atoms with Gasteiger partial charge in [0.15, 0.2) is 0 Å². The summed E-state index contributed by atoms with van der Waals surface area (Å²) in [6, 6.07) is 11.5. The Bertz CT molecular complexity index is 1420. The highest BCUT2D eigenvalue weighted by molar-refractivity contribution is 7.11. The monoisotopic (exact) mass is 533 g/mol. The molecule has 0 bridgehead atoms. The summed E-state index contributed by atoms with van der Waals surface area (Å²) in [5, 5.41) is 16.5. The molecule has 0 radical (unpaired) electrons. The van der Waals surface area contributed by atoms with Crippen LogP contribution in [0.3, 0.4) is 0 Å². The molecule has 1 saturated heterocycles. The quantitative estimate of drug-likeness (QED) is 0.211. The maximum absolute atomic E-state index is 14.2. The molecule has 1 aliphatic heterocycles. The Morgan fingerprint density at radius 3 is 2.71 bits per heavy atom. The summed E-state index contributed by atoms with van der Waals surface area (Å²) in [6.45, 7) is 3.91. The Kier molecular flexibility index (Phi) is 7.75. The van der Waals surface area contributed by atoms with E-state index in [9.17, 15) is 4.39 Å². The molecule has 9 nitrogen and oxygen atoms in total. The van der Waals surface area contributed by atoms with Gasteiger partial charge in [-0.1, -0.05) is 0 Å². The van der Waals surface area contributed by atoms with Gasteiger partial charge in [0.25, 0.3) is 0 Å². The predicted molar refractivity (Wildman–Crippen MR) is 146 cm³/mol. The second-order valence-corrected chi connectivity index (χ2v) is 10.2. The lowest BCUT2D eigenvalue weighted by Gasteiger charge is -2.16. The van der Waals surface area contributed by atoms with E-state index in [1.807, 2.05) is 6.92 Å². The zero-order valence-corrected chi connectivity index (χ0v) is 21.6. The Morgan fingerprint density at radius 1 is 1.16 bits per heavy atom. The third kappa shape index (κ3) is 6.24. The van der Waals surface area contributed by atoms with Gasteiger partial charge < -0.3 is 25.8 Å². The second-order valence-electron chi connectivity index (χ2n) is 8.92. The number of nitrogens with zero attached hydrogens (tertiary/aromatic N) is 3. The molecule has 5 N–H and O–H groups in total. The minimum Gasteiger partial charge on any atom is -0.488 e. The Morgan fingerprint density at radius 2 is 1.97 bits per heavy atom. The smallest absolute Gasteiger partial charge is 0.141 e. The molecular formula is C27H28FN7O2S. The Balaban J connectivity index is 1.26. The molecule has 2 aromatic heterocycles. The molecule has 0 amide bonds. The summed E-state index contributed by atoms with van der Waals surface area (Å²) >= 11 is 1.53. The molecule has 4 aromatic rings. The summed E-state index contributed by atoms with van der Waals surface area (Å²) in [5.41, 5.74) is 7.40. The number of nitrogens with one attached hydrogen (secondary N) is 3. The van der Waals surface area contributed by atoms with Gasteiger partial charge >= 0.3 is 0 Å². The molecule has 1 atom stereocenters. The first-order valence-electron chi connectivity index (χ1n) is 12.2. The van der Waals surface area contributed by atoms with E-state index in [0.717, 1.165) is 29.3 Å². The predicted octanol–water partition coefficient (Wildman–Crippen LogP) is 4.91. The average Bonchev–Trinajstić information content (AvgIpc) is 3.58. The number of nitrogens with two attached hydrogens (primary N) is 1. The number of aromatic nitrogens is 3. The van der Waals surface area contributed by atoms with Crippen LogP contribution in [0.1, 0.15) is 33.9 Å². The normalized spacial score (nSPS) is 14.8. The van der Waals surface area contributed by atoms with Crippen LogP contribution in [0.4, 0.5) is 16.0 Å². The number of hydrogen-bond acceptors (Lipinski definition) is 10. The van der Waals surface area contributed by atoms with Crippen molar-refractivity contribution in [1.29, 1.82) is 5.41 Å². The maximum atomic E-state index is 14.2. The van der Waals surface area contributed by atoms with Crippen LogP contribution >= 0.6 is 11.3 Å².